The van der Waals surface area contributed by atoms with E-state index in [0.29, 0.717) is 25.2 Å². The Bertz CT molecular complexity index is 1080. The maximum absolute atomic E-state index is 13.3. The predicted molar refractivity (Wildman–Crippen MR) is 132 cm³/mol. The molecule has 1 aromatic carbocycles. The molecule has 8 heteroatoms. The van der Waals surface area contributed by atoms with Crippen molar-refractivity contribution in [2.75, 3.05) is 43.9 Å². The smallest absolute Gasteiger partial charge is 0.256 e. The monoisotopic (exact) mass is 478 g/mol. The van der Waals surface area contributed by atoms with Gasteiger partial charge >= 0.3 is 0 Å². The number of rotatable bonds is 4. The lowest BCUT2D eigenvalue weighted by Crippen LogP contribution is -2.45. The molecule has 178 valence electrons. The average Bonchev–Trinajstić information content (AvgIpc) is 3.48. The first-order chi connectivity index (χ1) is 16.5. The Labute approximate surface area is 204 Å². The van der Waals surface area contributed by atoms with Gasteiger partial charge in [-0.05, 0) is 55.2 Å². The van der Waals surface area contributed by atoms with E-state index < -0.39 is 0 Å². The minimum absolute atomic E-state index is 0.0188. The molecule has 2 aromatic rings. The highest BCUT2D eigenvalue weighted by atomic mass is 32.2. The third-order valence-electron chi connectivity index (χ3n) is 7.60. The van der Waals surface area contributed by atoms with Crippen LogP contribution in [-0.2, 0) is 9.59 Å². The summed E-state index contributed by atoms with van der Waals surface area (Å²) in [4.78, 5) is 48.9. The van der Waals surface area contributed by atoms with Gasteiger partial charge in [0.05, 0.1) is 11.5 Å². The van der Waals surface area contributed by atoms with E-state index in [4.69, 9.17) is 0 Å². The minimum atomic E-state index is -0.278. The van der Waals surface area contributed by atoms with Gasteiger partial charge in [-0.25, -0.2) is 4.98 Å². The molecule has 5 rings (SSSR count). The number of thioether (sulfide) groups is 1. The van der Waals surface area contributed by atoms with Crippen LogP contribution in [0.3, 0.4) is 0 Å². The highest BCUT2D eigenvalue weighted by Gasteiger charge is 2.45. The number of nitrogens with zero attached hydrogens (tertiary/aromatic N) is 4. The summed E-state index contributed by atoms with van der Waals surface area (Å²) in [6.45, 7) is 3.33. The van der Waals surface area contributed by atoms with Crippen molar-refractivity contribution in [3.63, 3.8) is 0 Å². The Hall–Kier alpha value is -2.87. The van der Waals surface area contributed by atoms with Crippen LogP contribution < -0.4 is 4.90 Å². The molecule has 1 aromatic heterocycles. The molecular weight excluding hydrogens is 448 g/mol. The van der Waals surface area contributed by atoms with Crippen molar-refractivity contribution in [3.8, 4) is 0 Å². The van der Waals surface area contributed by atoms with Crippen LogP contribution in [-0.4, -0.2) is 71.5 Å². The quantitative estimate of drug-likeness (QED) is 0.631. The number of para-hydroxylation sites is 1. The number of aromatic nitrogens is 1. The van der Waals surface area contributed by atoms with Crippen LogP contribution in [0.4, 0.5) is 5.69 Å². The van der Waals surface area contributed by atoms with Crippen LogP contribution in [0.1, 0.15) is 36.0 Å². The van der Waals surface area contributed by atoms with Gasteiger partial charge in [0, 0.05) is 51.0 Å². The van der Waals surface area contributed by atoms with E-state index in [1.54, 1.807) is 11.1 Å². The Balaban J connectivity index is 1.18. The summed E-state index contributed by atoms with van der Waals surface area (Å²) in [5.74, 6) is -0.115. The molecule has 1 spiro atoms. The molecule has 0 radical (unpaired) electrons. The molecule has 3 saturated heterocycles. The molecule has 0 aliphatic carbocycles. The van der Waals surface area contributed by atoms with E-state index in [1.807, 2.05) is 58.5 Å². The standard InChI is InChI=1S/C26H30N4O3S/c1-34-23-21(8-5-12-27-23)25(33)28-13-9-26(10-14-28)11-15-29(18-26)24(32)19-16-22(31)30(17-19)20-6-3-2-4-7-20/h2-8,12,19H,9-11,13-18H2,1H3. The third kappa shape index (κ3) is 4.31. The summed E-state index contributed by atoms with van der Waals surface area (Å²) in [5, 5.41) is 0.765. The maximum atomic E-state index is 13.3. The van der Waals surface area contributed by atoms with Crippen molar-refractivity contribution < 1.29 is 14.4 Å². The number of amides is 3. The SMILES string of the molecule is CSc1ncccc1C(=O)N1CCC2(CC1)CCN(C(=O)C1CC(=O)N(c3ccccc3)C1)C2. The number of carbonyl (C=O) groups excluding carboxylic acids is 3. The Kier molecular flexibility index (Phi) is 6.34. The number of likely N-dealkylation sites (tertiary alicyclic amines) is 2. The summed E-state index contributed by atoms with van der Waals surface area (Å²) < 4.78 is 0. The van der Waals surface area contributed by atoms with Gasteiger partial charge in [0.25, 0.3) is 5.91 Å². The second kappa shape index (κ2) is 9.41. The van der Waals surface area contributed by atoms with Gasteiger partial charge in [-0.2, -0.15) is 0 Å². The number of pyridine rings is 1. The van der Waals surface area contributed by atoms with Crippen LogP contribution in [0, 0.1) is 11.3 Å². The first kappa shape index (κ1) is 22.9. The average molecular weight is 479 g/mol. The molecule has 3 fully saturated rings. The molecule has 3 amide bonds. The number of hydrogen-bond acceptors (Lipinski definition) is 5. The second-order valence-electron chi connectivity index (χ2n) is 9.60. The van der Waals surface area contributed by atoms with Crippen molar-refractivity contribution in [2.24, 2.45) is 11.3 Å². The van der Waals surface area contributed by atoms with Gasteiger partial charge in [0.15, 0.2) is 0 Å². The van der Waals surface area contributed by atoms with Gasteiger partial charge in [-0.1, -0.05) is 18.2 Å². The first-order valence-corrected chi connectivity index (χ1v) is 13.1. The summed E-state index contributed by atoms with van der Waals surface area (Å²) >= 11 is 1.49. The van der Waals surface area contributed by atoms with E-state index >= 15 is 0 Å². The molecule has 4 heterocycles. The Morgan fingerprint density at radius 2 is 1.71 bits per heavy atom. The number of piperidine rings is 1. The number of carbonyl (C=O) groups is 3. The van der Waals surface area contributed by atoms with Crippen molar-refractivity contribution in [3.05, 3.63) is 54.2 Å². The van der Waals surface area contributed by atoms with E-state index in [1.165, 1.54) is 11.8 Å². The lowest BCUT2D eigenvalue weighted by Gasteiger charge is -2.39. The van der Waals surface area contributed by atoms with Crippen molar-refractivity contribution in [2.45, 2.75) is 30.7 Å². The van der Waals surface area contributed by atoms with Crippen molar-refractivity contribution >= 4 is 35.2 Å². The number of hydrogen-bond donors (Lipinski definition) is 0. The van der Waals surface area contributed by atoms with Crippen molar-refractivity contribution in [1.29, 1.82) is 0 Å². The molecule has 3 aliphatic heterocycles. The van der Waals surface area contributed by atoms with Crippen LogP contribution >= 0.6 is 11.8 Å². The van der Waals surface area contributed by atoms with Crippen LogP contribution in [0.15, 0.2) is 53.7 Å². The maximum Gasteiger partial charge on any atom is 0.256 e. The zero-order chi connectivity index (χ0) is 23.7. The number of benzene rings is 1. The second-order valence-corrected chi connectivity index (χ2v) is 10.4. The molecular formula is C26H30N4O3S. The molecule has 3 aliphatic rings. The molecule has 7 nitrogen and oxygen atoms in total. The summed E-state index contributed by atoms with van der Waals surface area (Å²) in [5.41, 5.74) is 1.60. The normalized spacial score (nSPS) is 22.0. The minimum Gasteiger partial charge on any atom is -0.342 e. The van der Waals surface area contributed by atoms with Crippen LogP contribution in [0.2, 0.25) is 0 Å². The zero-order valence-electron chi connectivity index (χ0n) is 19.5. The molecule has 34 heavy (non-hydrogen) atoms. The van der Waals surface area contributed by atoms with Gasteiger partial charge in [-0.15, -0.1) is 11.8 Å². The molecule has 0 N–H and O–H groups in total. The molecule has 1 unspecified atom stereocenters. The van der Waals surface area contributed by atoms with Gasteiger partial charge < -0.3 is 14.7 Å². The predicted octanol–water partition coefficient (Wildman–Crippen LogP) is 3.31. The number of anilines is 1. The van der Waals surface area contributed by atoms with E-state index in [0.717, 1.165) is 43.1 Å². The van der Waals surface area contributed by atoms with Gasteiger partial charge in [0.1, 0.15) is 5.03 Å². The van der Waals surface area contributed by atoms with Gasteiger partial charge in [-0.3, -0.25) is 14.4 Å². The Morgan fingerprint density at radius 3 is 2.41 bits per heavy atom. The first-order valence-electron chi connectivity index (χ1n) is 11.9. The largest absolute Gasteiger partial charge is 0.342 e. The van der Waals surface area contributed by atoms with Crippen LogP contribution in [0.5, 0.6) is 0 Å². The molecule has 0 saturated carbocycles. The van der Waals surface area contributed by atoms with E-state index in [-0.39, 0.29) is 35.5 Å². The highest BCUT2D eigenvalue weighted by Crippen LogP contribution is 2.41. The fourth-order valence-electron chi connectivity index (χ4n) is 5.59. The summed E-state index contributed by atoms with van der Waals surface area (Å²) in [6.07, 6.45) is 6.70. The van der Waals surface area contributed by atoms with E-state index in [2.05, 4.69) is 4.98 Å². The summed E-state index contributed by atoms with van der Waals surface area (Å²) in [6, 6.07) is 13.2. The topological polar surface area (TPSA) is 73.8 Å². The van der Waals surface area contributed by atoms with Gasteiger partial charge in [0.2, 0.25) is 11.8 Å². The molecule has 0 bridgehead atoms. The highest BCUT2D eigenvalue weighted by molar-refractivity contribution is 7.98. The third-order valence-corrected chi connectivity index (χ3v) is 8.31. The summed E-state index contributed by atoms with van der Waals surface area (Å²) in [7, 11) is 0. The lowest BCUT2D eigenvalue weighted by atomic mass is 9.77. The zero-order valence-corrected chi connectivity index (χ0v) is 20.3. The Morgan fingerprint density at radius 1 is 1.00 bits per heavy atom. The van der Waals surface area contributed by atoms with Crippen molar-refractivity contribution in [1.82, 2.24) is 14.8 Å². The fraction of sp³-hybridized carbons (Fsp3) is 0.462. The lowest BCUT2D eigenvalue weighted by molar-refractivity contribution is -0.135. The fourth-order valence-corrected chi connectivity index (χ4v) is 6.13. The van der Waals surface area contributed by atoms with Crippen LogP contribution in [0.25, 0.3) is 0 Å². The molecule has 1 atom stereocenters. The van der Waals surface area contributed by atoms with E-state index in [9.17, 15) is 14.4 Å².